The summed E-state index contributed by atoms with van der Waals surface area (Å²) in [6, 6.07) is 16.1. The van der Waals surface area contributed by atoms with Gasteiger partial charge in [0.2, 0.25) is 0 Å². The van der Waals surface area contributed by atoms with Gasteiger partial charge in [-0.2, -0.15) is 5.11 Å². The highest BCUT2D eigenvalue weighted by Gasteiger charge is 2.15. The molecule has 0 spiro atoms. The number of anilines is 1. The molecule has 3 N–H and O–H groups in total. The molecule has 4 aromatic rings. The van der Waals surface area contributed by atoms with E-state index in [1.807, 2.05) is 0 Å². The van der Waals surface area contributed by atoms with Gasteiger partial charge in [-0.05, 0) is 67.1 Å². The lowest BCUT2D eigenvalue weighted by atomic mass is 10.1. The molecule has 11 heteroatoms. The van der Waals surface area contributed by atoms with E-state index in [-0.39, 0.29) is 33.5 Å². The van der Waals surface area contributed by atoms with Crippen LogP contribution >= 0.6 is 0 Å². The van der Waals surface area contributed by atoms with Crippen LogP contribution in [0.2, 0.25) is 0 Å². The third-order valence-electron chi connectivity index (χ3n) is 6.01. The van der Waals surface area contributed by atoms with Crippen LogP contribution in [0, 0.1) is 6.92 Å². The number of rotatable bonds is 8. The molecule has 0 radical (unpaired) electrons. The van der Waals surface area contributed by atoms with Crippen molar-refractivity contribution in [2.75, 3.05) is 25.2 Å². The lowest BCUT2D eigenvalue weighted by Gasteiger charge is -2.11. The number of benzene rings is 4. The molecular weight excluding hydrogens is 506 g/mol. The number of hydrogen-bond donors (Lipinski definition) is 3. The van der Waals surface area contributed by atoms with Crippen molar-refractivity contribution in [3.63, 3.8) is 0 Å². The maximum atomic E-state index is 12.2. The van der Waals surface area contributed by atoms with Crippen molar-refractivity contribution >= 4 is 49.0 Å². The number of nitrogens with zero attached hydrogens (tertiary/aromatic N) is 4. The van der Waals surface area contributed by atoms with Gasteiger partial charge in [-0.3, -0.25) is 0 Å². The summed E-state index contributed by atoms with van der Waals surface area (Å²) < 4.78 is 29.5. The molecule has 0 unspecified atom stereocenters. The normalized spacial score (nSPS) is 12.0. The van der Waals surface area contributed by atoms with E-state index in [0.29, 0.717) is 39.1 Å². The first-order valence-corrected chi connectivity index (χ1v) is 13.3. The number of methoxy groups -OCH3 is 1. The van der Waals surface area contributed by atoms with Crippen LogP contribution in [0.3, 0.4) is 0 Å². The molecule has 4 aromatic carbocycles. The Hall–Kier alpha value is -4.51. The molecule has 4 rings (SSSR count). The Morgan fingerprint density at radius 1 is 0.842 bits per heavy atom. The fourth-order valence-corrected chi connectivity index (χ4v) is 4.74. The predicted octanol–water partition coefficient (Wildman–Crippen LogP) is 7.23. The summed E-state index contributed by atoms with van der Waals surface area (Å²) in [6.07, 6.45) is 0. The fourth-order valence-electron chi connectivity index (χ4n) is 3.77. The summed E-state index contributed by atoms with van der Waals surface area (Å²) in [4.78, 5) is 0.242. The van der Waals surface area contributed by atoms with Gasteiger partial charge in [0.05, 0.1) is 29.1 Å². The maximum Gasteiger partial charge on any atom is 0.178 e. The summed E-state index contributed by atoms with van der Waals surface area (Å²) in [5.74, 6) is 0.330. The van der Waals surface area contributed by atoms with E-state index >= 15 is 0 Å². The first kappa shape index (κ1) is 26.6. The molecule has 0 amide bonds. The number of nitrogens with one attached hydrogen (secondary N) is 1. The Morgan fingerprint density at radius 3 is 2.21 bits per heavy atom. The van der Waals surface area contributed by atoms with Gasteiger partial charge in [-0.15, -0.1) is 15.3 Å². The van der Waals surface area contributed by atoms with Crippen LogP contribution < -0.4 is 10.1 Å². The molecule has 196 valence electrons. The van der Waals surface area contributed by atoms with Crippen LogP contribution in [-0.2, 0) is 9.84 Å². The average Bonchev–Trinajstić information content (AvgIpc) is 2.92. The van der Waals surface area contributed by atoms with Gasteiger partial charge < -0.3 is 20.3 Å². The number of ether oxygens (including phenoxy) is 1. The zero-order chi connectivity index (χ0) is 27.4. The van der Waals surface area contributed by atoms with E-state index in [9.17, 15) is 18.6 Å². The summed E-state index contributed by atoms with van der Waals surface area (Å²) in [7, 11) is -0.0754. The lowest BCUT2D eigenvalue weighted by Crippen LogP contribution is -2.03. The first-order chi connectivity index (χ1) is 18.2. The van der Waals surface area contributed by atoms with Crippen LogP contribution in [0.5, 0.6) is 17.2 Å². The van der Waals surface area contributed by atoms with Crippen molar-refractivity contribution in [2.24, 2.45) is 20.5 Å². The molecular formula is C27H27N5O5S. The Morgan fingerprint density at radius 2 is 1.53 bits per heavy atom. The molecule has 0 saturated heterocycles. The highest BCUT2D eigenvalue weighted by molar-refractivity contribution is 7.91. The monoisotopic (exact) mass is 533 g/mol. The van der Waals surface area contributed by atoms with Gasteiger partial charge in [-0.25, -0.2) is 8.42 Å². The van der Waals surface area contributed by atoms with Gasteiger partial charge >= 0.3 is 0 Å². The van der Waals surface area contributed by atoms with E-state index in [1.165, 1.54) is 25.3 Å². The molecule has 0 fully saturated rings. The minimum Gasteiger partial charge on any atom is -0.506 e. The number of hydrogen-bond acceptors (Lipinski definition) is 10. The Labute approximate surface area is 220 Å². The molecule has 0 aliphatic heterocycles. The van der Waals surface area contributed by atoms with E-state index in [2.05, 4.69) is 25.8 Å². The SMILES string of the molecule is CCS(=O)(=O)c1ccc(/N=N/c2c(NC)ccc3c(O)c(/N=N/c4cc(OC)ccc4O)ccc23)c(C)c1. The van der Waals surface area contributed by atoms with Crippen molar-refractivity contribution in [2.45, 2.75) is 18.7 Å². The molecule has 10 nitrogen and oxygen atoms in total. The molecule has 0 heterocycles. The second kappa shape index (κ2) is 10.9. The van der Waals surface area contributed by atoms with Gasteiger partial charge in [0.1, 0.15) is 28.6 Å². The number of phenols is 2. The van der Waals surface area contributed by atoms with Gasteiger partial charge in [0.15, 0.2) is 15.6 Å². The number of aryl methyl sites for hydroxylation is 1. The Bertz CT molecular complexity index is 1680. The standard InChI is InChI=1S/C27H27N5O5S/c1-5-38(35,36)18-7-10-21(16(2)14-18)29-32-26-19-8-12-23(27(34)20(19)9-11-22(26)28-3)30-31-24-15-17(37-4)6-13-25(24)33/h6-15,28,33-34H,5H2,1-4H3/b31-30+,32-29+. The molecule has 0 saturated carbocycles. The van der Waals surface area contributed by atoms with Gasteiger partial charge in [0.25, 0.3) is 0 Å². The smallest absolute Gasteiger partial charge is 0.178 e. The van der Waals surface area contributed by atoms with Crippen molar-refractivity contribution in [1.29, 1.82) is 0 Å². The fraction of sp³-hybridized carbons (Fsp3) is 0.185. The minimum absolute atomic E-state index is 0.0145. The third kappa shape index (κ3) is 5.28. The van der Waals surface area contributed by atoms with Crippen molar-refractivity contribution in [1.82, 2.24) is 0 Å². The zero-order valence-corrected chi connectivity index (χ0v) is 22.1. The van der Waals surface area contributed by atoms with Crippen LogP contribution in [0.1, 0.15) is 12.5 Å². The summed E-state index contributed by atoms with van der Waals surface area (Å²) >= 11 is 0. The van der Waals surface area contributed by atoms with Crippen molar-refractivity contribution in [3.05, 3.63) is 66.2 Å². The van der Waals surface area contributed by atoms with Crippen LogP contribution in [-0.4, -0.2) is 38.5 Å². The van der Waals surface area contributed by atoms with Crippen LogP contribution in [0.15, 0.2) is 86.0 Å². The topological polar surface area (TPSA) is 145 Å². The predicted molar refractivity (Wildman–Crippen MR) is 147 cm³/mol. The molecule has 0 aliphatic carbocycles. The van der Waals surface area contributed by atoms with Gasteiger partial charge in [0, 0.05) is 23.9 Å². The van der Waals surface area contributed by atoms with E-state index in [4.69, 9.17) is 4.74 Å². The number of aromatic hydroxyl groups is 2. The largest absolute Gasteiger partial charge is 0.506 e. The number of fused-ring (bicyclic) bond motifs is 1. The number of sulfone groups is 1. The minimum atomic E-state index is -3.33. The molecule has 0 atom stereocenters. The highest BCUT2D eigenvalue weighted by Crippen LogP contribution is 2.43. The van der Waals surface area contributed by atoms with Crippen LogP contribution in [0.4, 0.5) is 28.4 Å². The summed E-state index contributed by atoms with van der Waals surface area (Å²) in [6.45, 7) is 3.37. The van der Waals surface area contributed by atoms with Crippen LogP contribution in [0.25, 0.3) is 10.8 Å². The third-order valence-corrected chi connectivity index (χ3v) is 7.74. The maximum absolute atomic E-state index is 12.2. The van der Waals surface area contributed by atoms with Gasteiger partial charge in [-0.1, -0.05) is 6.92 Å². The Kier molecular flexibility index (Phi) is 7.58. The first-order valence-electron chi connectivity index (χ1n) is 11.7. The van der Waals surface area contributed by atoms with E-state index < -0.39 is 9.84 Å². The van der Waals surface area contributed by atoms with Crippen molar-refractivity contribution < 1.29 is 23.4 Å². The van der Waals surface area contributed by atoms with Crippen molar-refractivity contribution in [3.8, 4) is 17.2 Å². The summed E-state index contributed by atoms with van der Waals surface area (Å²) in [5.41, 5.74) is 2.74. The summed E-state index contributed by atoms with van der Waals surface area (Å²) in [5, 5.41) is 42.2. The zero-order valence-electron chi connectivity index (χ0n) is 21.3. The number of phenolic OH excluding ortho intramolecular Hbond substituents is 2. The quantitative estimate of drug-likeness (QED) is 0.204. The highest BCUT2D eigenvalue weighted by atomic mass is 32.2. The van der Waals surface area contributed by atoms with E-state index in [0.717, 1.165) is 0 Å². The van der Waals surface area contributed by atoms with E-state index in [1.54, 1.807) is 63.4 Å². The lowest BCUT2D eigenvalue weighted by molar-refractivity contribution is 0.412. The molecule has 0 aromatic heterocycles. The second-order valence-electron chi connectivity index (χ2n) is 8.35. The molecule has 0 aliphatic rings. The molecule has 38 heavy (non-hydrogen) atoms. The molecule has 0 bridgehead atoms. The second-order valence-corrected chi connectivity index (χ2v) is 10.6. The Balaban J connectivity index is 1.73. The number of azo groups is 2. The average molecular weight is 534 g/mol.